The molecule has 35 heavy (non-hydrogen) atoms. The highest BCUT2D eigenvalue weighted by atomic mass is 32.2. The first-order chi connectivity index (χ1) is 16.9. The van der Waals surface area contributed by atoms with Gasteiger partial charge in [-0.15, -0.1) is 21.5 Å². The quantitative estimate of drug-likeness (QED) is 0.238. The predicted molar refractivity (Wildman–Crippen MR) is 144 cm³/mol. The molecule has 1 aliphatic rings. The van der Waals surface area contributed by atoms with Gasteiger partial charge in [-0.05, 0) is 37.8 Å². The molecule has 1 aromatic carbocycles. The fraction of sp³-hybridized carbons (Fsp3) is 0.440. The van der Waals surface area contributed by atoms with E-state index in [9.17, 15) is 4.79 Å². The molecule has 5 rings (SSSR count). The molecule has 1 aliphatic heterocycles. The number of hydrogen-bond acceptors (Lipinski definition) is 8. The van der Waals surface area contributed by atoms with Crippen molar-refractivity contribution in [1.29, 1.82) is 0 Å². The second-order valence-corrected chi connectivity index (χ2v) is 12.3. The minimum atomic E-state index is -0.219. The number of nitrogens with one attached hydrogen (secondary N) is 1. The van der Waals surface area contributed by atoms with Crippen molar-refractivity contribution in [2.24, 2.45) is 0 Å². The minimum Gasteiger partial charge on any atom is -0.370 e. The van der Waals surface area contributed by atoms with Gasteiger partial charge in [0.15, 0.2) is 16.0 Å². The first-order valence-corrected chi connectivity index (χ1v) is 14.6. The number of rotatable bonds is 9. The van der Waals surface area contributed by atoms with E-state index in [2.05, 4.69) is 48.4 Å². The number of aromatic nitrogens is 4. The van der Waals surface area contributed by atoms with Crippen molar-refractivity contribution in [3.05, 3.63) is 46.3 Å². The molecule has 4 aromatic rings. The molecule has 1 amide bonds. The lowest BCUT2D eigenvalue weighted by Crippen LogP contribution is -2.31. The van der Waals surface area contributed by atoms with E-state index in [1.807, 2.05) is 22.6 Å². The van der Waals surface area contributed by atoms with Crippen LogP contribution in [0.1, 0.15) is 43.2 Å². The molecule has 0 fully saturated rings. The number of thioether (sulfide) groups is 2. The molecular weight excluding hydrogens is 499 g/mol. The van der Waals surface area contributed by atoms with E-state index >= 15 is 0 Å². The number of carbonyl (C=O) groups is 1. The van der Waals surface area contributed by atoms with Gasteiger partial charge in [0, 0.05) is 23.6 Å². The zero-order chi connectivity index (χ0) is 24.4. The molecule has 0 saturated carbocycles. The second-order valence-electron chi connectivity index (χ2n) is 9.17. The largest absolute Gasteiger partial charge is 0.370 e. The molecule has 10 heteroatoms. The van der Waals surface area contributed by atoms with Crippen molar-refractivity contribution < 1.29 is 9.53 Å². The van der Waals surface area contributed by atoms with Crippen molar-refractivity contribution in [2.45, 2.75) is 62.6 Å². The molecule has 0 unspecified atom stereocenters. The highest BCUT2D eigenvalue weighted by Crippen LogP contribution is 2.41. The standard InChI is InChI=1S/C25H29N5O2S3/c1-4-12-33-23-27-22-20(17-13-25(2,3)32-14-18(17)35-22)21-28-29-24(30(21)23)34-15-19(31)26-11-10-16-8-6-5-7-9-16/h5-9H,4,10-15H2,1-3H3,(H,26,31). The maximum Gasteiger partial charge on any atom is 0.230 e. The van der Waals surface area contributed by atoms with Gasteiger partial charge in [-0.2, -0.15) is 0 Å². The van der Waals surface area contributed by atoms with Crippen LogP contribution in [0.15, 0.2) is 40.6 Å². The SMILES string of the molecule is CCCSc1nc2sc3c(c2c2nnc(SCC(=O)NCCc4ccccc4)n12)CC(C)(C)OC3. The van der Waals surface area contributed by atoms with Gasteiger partial charge in [-0.25, -0.2) is 9.38 Å². The lowest BCUT2D eigenvalue weighted by Gasteiger charge is -2.30. The molecule has 0 aliphatic carbocycles. The Kier molecular flexibility index (Phi) is 7.34. The normalized spacial score (nSPS) is 14.9. The number of nitrogens with zero attached hydrogens (tertiary/aromatic N) is 4. The second kappa shape index (κ2) is 10.5. The van der Waals surface area contributed by atoms with E-state index in [0.717, 1.165) is 46.0 Å². The predicted octanol–water partition coefficient (Wildman–Crippen LogP) is 5.14. The van der Waals surface area contributed by atoms with Gasteiger partial charge in [0.25, 0.3) is 0 Å². The number of ether oxygens (including phenoxy) is 1. The summed E-state index contributed by atoms with van der Waals surface area (Å²) >= 11 is 4.81. The van der Waals surface area contributed by atoms with Crippen molar-refractivity contribution in [1.82, 2.24) is 24.9 Å². The molecule has 0 bridgehead atoms. The Morgan fingerprint density at radius 1 is 1.20 bits per heavy atom. The maximum atomic E-state index is 12.5. The highest BCUT2D eigenvalue weighted by molar-refractivity contribution is 8.00. The Morgan fingerprint density at radius 3 is 2.83 bits per heavy atom. The van der Waals surface area contributed by atoms with Crippen LogP contribution in [-0.2, 0) is 29.0 Å². The molecule has 0 saturated heterocycles. The van der Waals surface area contributed by atoms with Crippen LogP contribution in [0, 0.1) is 0 Å². The van der Waals surface area contributed by atoms with Gasteiger partial charge in [-0.3, -0.25) is 4.79 Å². The van der Waals surface area contributed by atoms with Crippen LogP contribution in [0.25, 0.3) is 15.9 Å². The summed E-state index contributed by atoms with van der Waals surface area (Å²) in [5, 5.41) is 14.8. The summed E-state index contributed by atoms with van der Waals surface area (Å²) in [5.74, 6) is 1.23. The number of thiophene rings is 1. The van der Waals surface area contributed by atoms with Crippen LogP contribution >= 0.6 is 34.9 Å². The lowest BCUT2D eigenvalue weighted by molar-refractivity contribution is -0.118. The van der Waals surface area contributed by atoms with Gasteiger partial charge in [0.05, 0.1) is 23.3 Å². The summed E-state index contributed by atoms with van der Waals surface area (Å²) in [5.41, 5.74) is 3.09. The van der Waals surface area contributed by atoms with E-state index in [1.54, 1.807) is 23.1 Å². The number of fused-ring (bicyclic) bond motifs is 5. The fourth-order valence-corrected chi connectivity index (χ4v) is 6.97. The van der Waals surface area contributed by atoms with Crippen molar-refractivity contribution in [2.75, 3.05) is 18.1 Å². The average Bonchev–Trinajstić information content (AvgIpc) is 3.42. The molecule has 3 aromatic heterocycles. The van der Waals surface area contributed by atoms with Crippen molar-refractivity contribution in [3.63, 3.8) is 0 Å². The Hall–Kier alpha value is -2.14. The summed E-state index contributed by atoms with van der Waals surface area (Å²) in [7, 11) is 0. The fourth-order valence-electron chi connectivity index (χ4n) is 4.15. The summed E-state index contributed by atoms with van der Waals surface area (Å²) in [4.78, 5) is 19.8. The molecule has 4 heterocycles. The third-order valence-corrected chi connectivity index (χ3v) is 9.03. The van der Waals surface area contributed by atoms with Crippen LogP contribution < -0.4 is 5.32 Å². The van der Waals surface area contributed by atoms with E-state index in [1.165, 1.54) is 27.8 Å². The van der Waals surface area contributed by atoms with Gasteiger partial charge in [0.1, 0.15) is 4.83 Å². The number of carbonyl (C=O) groups excluding carboxylic acids is 1. The van der Waals surface area contributed by atoms with Crippen molar-refractivity contribution >= 4 is 56.6 Å². The summed E-state index contributed by atoms with van der Waals surface area (Å²) < 4.78 is 8.09. The number of benzene rings is 1. The Bertz CT molecular complexity index is 1350. The third-order valence-electron chi connectivity index (χ3n) is 5.86. The van der Waals surface area contributed by atoms with Crippen LogP contribution in [0.2, 0.25) is 0 Å². The Labute approximate surface area is 217 Å². The van der Waals surface area contributed by atoms with Gasteiger partial charge >= 0.3 is 0 Å². The van der Waals surface area contributed by atoms with Crippen molar-refractivity contribution in [3.8, 4) is 0 Å². The Morgan fingerprint density at radius 2 is 2.03 bits per heavy atom. The monoisotopic (exact) mass is 527 g/mol. The number of amides is 1. The van der Waals surface area contributed by atoms with Gasteiger partial charge in [0.2, 0.25) is 5.91 Å². The van der Waals surface area contributed by atoms with Crippen LogP contribution in [-0.4, -0.2) is 49.1 Å². The van der Waals surface area contributed by atoms with E-state index < -0.39 is 0 Å². The third kappa shape index (κ3) is 5.35. The minimum absolute atomic E-state index is 0.00806. The first-order valence-electron chi connectivity index (χ1n) is 11.8. The molecule has 7 nitrogen and oxygen atoms in total. The van der Waals surface area contributed by atoms with Gasteiger partial charge in [-0.1, -0.05) is 60.8 Å². The molecule has 1 N–H and O–H groups in total. The average molecular weight is 528 g/mol. The van der Waals surface area contributed by atoms with Crippen LogP contribution in [0.5, 0.6) is 0 Å². The summed E-state index contributed by atoms with van der Waals surface area (Å²) in [6.07, 6.45) is 2.68. The zero-order valence-electron chi connectivity index (χ0n) is 20.2. The molecule has 0 spiro atoms. The molecular formula is C25H29N5O2S3. The van der Waals surface area contributed by atoms with Crippen LogP contribution in [0.4, 0.5) is 0 Å². The molecule has 184 valence electrons. The van der Waals surface area contributed by atoms with E-state index in [-0.39, 0.29) is 17.3 Å². The van der Waals surface area contributed by atoms with Gasteiger partial charge < -0.3 is 10.1 Å². The highest BCUT2D eigenvalue weighted by Gasteiger charge is 2.31. The molecule has 0 radical (unpaired) electrons. The zero-order valence-corrected chi connectivity index (χ0v) is 22.6. The Balaban J connectivity index is 1.39. The van der Waals surface area contributed by atoms with Crippen LogP contribution in [0.3, 0.4) is 0 Å². The molecule has 0 atom stereocenters. The van der Waals surface area contributed by atoms with E-state index in [0.29, 0.717) is 18.3 Å². The first kappa shape index (κ1) is 24.5. The summed E-state index contributed by atoms with van der Waals surface area (Å²) in [6.45, 7) is 7.62. The number of hydrogen-bond donors (Lipinski definition) is 1. The summed E-state index contributed by atoms with van der Waals surface area (Å²) in [6, 6.07) is 10.2. The van der Waals surface area contributed by atoms with E-state index in [4.69, 9.17) is 9.72 Å². The lowest BCUT2D eigenvalue weighted by atomic mass is 9.94. The maximum absolute atomic E-state index is 12.5. The topological polar surface area (TPSA) is 81.4 Å². The smallest absolute Gasteiger partial charge is 0.230 e.